The number of aromatic hydroxyl groups is 1. The van der Waals surface area contributed by atoms with Crippen LogP contribution in [0.25, 0.3) is 11.4 Å². The maximum absolute atomic E-state index is 13.2. The average Bonchev–Trinajstić information content (AvgIpc) is 3.25. The molecule has 1 aromatic heterocycles. The molecular weight excluding hydrogens is 510 g/mol. The van der Waals surface area contributed by atoms with Gasteiger partial charge in [-0.25, -0.2) is 0 Å². The Morgan fingerprint density at radius 2 is 1.71 bits per heavy atom. The van der Waals surface area contributed by atoms with Gasteiger partial charge >= 0.3 is 18.0 Å². The van der Waals surface area contributed by atoms with Crippen LogP contribution in [0.1, 0.15) is 42.6 Å². The first kappa shape index (κ1) is 26.5. The number of aromatic nitrogens is 2. The Morgan fingerprint density at radius 1 is 1.09 bits per heavy atom. The summed E-state index contributed by atoms with van der Waals surface area (Å²) in [6.07, 6.45) is -4.57. The fraction of sp³-hybridized carbons (Fsp3) is 0.304. The Bertz CT molecular complexity index is 1250. The van der Waals surface area contributed by atoms with E-state index >= 15 is 0 Å². The number of nitrogens with zero attached hydrogens (tertiary/aromatic N) is 3. The third-order valence-electron chi connectivity index (χ3n) is 4.97. The highest BCUT2D eigenvalue weighted by Crippen LogP contribution is 2.35. The Labute approximate surface area is 208 Å². The van der Waals surface area contributed by atoms with E-state index < -0.39 is 35.5 Å². The fourth-order valence-corrected chi connectivity index (χ4v) is 3.42. The number of amides is 1. The minimum atomic E-state index is -4.57. The molecule has 0 aliphatic heterocycles. The van der Waals surface area contributed by atoms with Crippen LogP contribution in [0.15, 0.2) is 40.9 Å². The van der Waals surface area contributed by atoms with E-state index in [2.05, 4.69) is 10.1 Å². The topological polar surface area (TPSA) is 96.5 Å². The second kappa shape index (κ2) is 9.87. The summed E-state index contributed by atoms with van der Waals surface area (Å²) in [5, 5.41) is 13.3. The van der Waals surface area contributed by atoms with Gasteiger partial charge in [-0.1, -0.05) is 61.3 Å². The third kappa shape index (κ3) is 6.32. The van der Waals surface area contributed by atoms with E-state index in [1.54, 1.807) is 20.8 Å². The van der Waals surface area contributed by atoms with Crippen LogP contribution in [-0.4, -0.2) is 38.4 Å². The van der Waals surface area contributed by atoms with Crippen molar-refractivity contribution in [2.75, 3.05) is 6.54 Å². The molecule has 7 nitrogen and oxygen atoms in total. The van der Waals surface area contributed by atoms with Crippen molar-refractivity contribution in [3.05, 3.63) is 63.5 Å². The van der Waals surface area contributed by atoms with Gasteiger partial charge in [0, 0.05) is 17.5 Å². The number of Topliss-reactive ketones (excluding diaryl/α,β-unsaturated/α-hetero) is 1. The van der Waals surface area contributed by atoms with Crippen molar-refractivity contribution < 1.29 is 32.4 Å². The number of carbonyl (C=O) groups is 2. The summed E-state index contributed by atoms with van der Waals surface area (Å²) in [5.41, 5.74) is -1.29. The van der Waals surface area contributed by atoms with E-state index in [0.717, 1.165) is 17.0 Å². The van der Waals surface area contributed by atoms with Crippen LogP contribution < -0.4 is 0 Å². The molecule has 0 aliphatic carbocycles. The SMILES string of the molecule is CC(C)(C)C(=O)CN(Cc1cccc(C(F)(F)F)c1)C(=O)c1nc(-c2cc(Cl)c(O)c(Cl)c2)no1. The van der Waals surface area contributed by atoms with Crippen molar-refractivity contribution in [2.45, 2.75) is 33.5 Å². The maximum atomic E-state index is 13.2. The Balaban J connectivity index is 1.94. The van der Waals surface area contributed by atoms with Crippen molar-refractivity contribution in [1.29, 1.82) is 0 Å². The predicted octanol–water partition coefficient (Wildman–Crippen LogP) is 6.03. The van der Waals surface area contributed by atoms with E-state index in [4.69, 9.17) is 27.7 Å². The van der Waals surface area contributed by atoms with Crippen molar-refractivity contribution in [3.63, 3.8) is 0 Å². The van der Waals surface area contributed by atoms with Crippen molar-refractivity contribution in [1.82, 2.24) is 15.0 Å². The number of ketones is 1. The molecule has 12 heteroatoms. The normalized spacial score (nSPS) is 12.0. The maximum Gasteiger partial charge on any atom is 0.416 e. The molecule has 186 valence electrons. The lowest BCUT2D eigenvalue weighted by molar-refractivity contribution is -0.137. The summed E-state index contributed by atoms with van der Waals surface area (Å²) in [6, 6.07) is 7.07. The minimum Gasteiger partial charge on any atom is -0.505 e. The zero-order valence-electron chi connectivity index (χ0n) is 18.8. The molecule has 0 unspecified atom stereocenters. The lowest BCUT2D eigenvalue weighted by Gasteiger charge is -2.25. The second-order valence-electron chi connectivity index (χ2n) is 8.74. The zero-order valence-corrected chi connectivity index (χ0v) is 20.3. The molecule has 0 atom stereocenters. The highest BCUT2D eigenvalue weighted by molar-refractivity contribution is 6.37. The first-order valence-electron chi connectivity index (χ1n) is 10.2. The molecule has 0 fully saturated rings. The lowest BCUT2D eigenvalue weighted by Crippen LogP contribution is -2.39. The van der Waals surface area contributed by atoms with Gasteiger partial charge in [-0.05, 0) is 29.8 Å². The molecule has 35 heavy (non-hydrogen) atoms. The molecule has 3 rings (SSSR count). The van der Waals surface area contributed by atoms with Crippen LogP contribution >= 0.6 is 23.2 Å². The molecule has 0 saturated heterocycles. The van der Waals surface area contributed by atoms with Crippen LogP contribution in [0.4, 0.5) is 13.2 Å². The van der Waals surface area contributed by atoms with Gasteiger partial charge in [-0.15, -0.1) is 0 Å². The van der Waals surface area contributed by atoms with Gasteiger partial charge < -0.3 is 14.5 Å². The smallest absolute Gasteiger partial charge is 0.416 e. The van der Waals surface area contributed by atoms with Gasteiger partial charge in [0.25, 0.3) is 0 Å². The monoisotopic (exact) mass is 529 g/mol. The van der Waals surface area contributed by atoms with E-state index in [9.17, 15) is 27.9 Å². The summed E-state index contributed by atoms with van der Waals surface area (Å²) in [4.78, 5) is 30.9. The molecule has 1 heterocycles. The van der Waals surface area contributed by atoms with Gasteiger partial charge in [-0.3, -0.25) is 9.59 Å². The van der Waals surface area contributed by atoms with Crippen molar-refractivity contribution >= 4 is 34.9 Å². The number of alkyl halides is 3. The second-order valence-corrected chi connectivity index (χ2v) is 9.56. The van der Waals surface area contributed by atoms with E-state index in [-0.39, 0.29) is 45.1 Å². The summed E-state index contributed by atoms with van der Waals surface area (Å²) in [5.74, 6) is -2.08. The standard InChI is InChI=1S/C23H20Cl2F3N3O4/c1-22(2,3)17(32)11-31(10-12-5-4-6-14(7-12)23(26,27)28)21(34)20-29-19(30-35-20)13-8-15(24)18(33)16(25)9-13/h4-9,33H,10-11H2,1-3H3. The highest BCUT2D eigenvalue weighted by atomic mass is 35.5. The number of halogens is 5. The number of carbonyl (C=O) groups excluding carboxylic acids is 2. The molecule has 0 bridgehead atoms. The largest absolute Gasteiger partial charge is 0.505 e. The van der Waals surface area contributed by atoms with Gasteiger partial charge in [0.1, 0.15) is 0 Å². The number of phenols is 1. The number of benzene rings is 2. The number of hydrogen-bond acceptors (Lipinski definition) is 6. The fourth-order valence-electron chi connectivity index (χ4n) is 2.93. The highest BCUT2D eigenvalue weighted by Gasteiger charge is 2.32. The van der Waals surface area contributed by atoms with Crippen molar-refractivity contribution in [2.24, 2.45) is 5.41 Å². The quantitative estimate of drug-likeness (QED) is 0.419. The van der Waals surface area contributed by atoms with Crippen molar-refractivity contribution in [3.8, 4) is 17.1 Å². The predicted molar refractivity (Wildman–Crippen MR) is 122 cm³/mol. The number of phenolic OH excluding ortho intramolecular Hbond substituents is 1. The van der Waals surface area contributed by atoms with Crippen LogP contribution in [0.3, 0.4) is 0 Å². The zero-order chi connectivity index (χ0) is 26.1. The lowest BCUT2D eigenvalue weighted by atomic mass is 9.90. The molecular formula is C23H20Cl2F3N3O4. The molecule has 0 aliphatic rings. The van der Waals surface area contributed by atoms with E-state index in [1.807, 2.05) is 0 Å². The van der Waals surface area contributed by atoms with Gasteiger partial charge in [0.2, 0.25) is 5.82 Å². The van der Waals surface area contributed by atoms with Gasteiger partial charge in [-0.2, -0.15) is 18.2 Å². The van der Waals surface area contributed by atoms with Gasteiger partial charge in [0.05, 0.1) is 22.2 Å². The Morgan fingerprint density at radius 3 is 2.29 bits per heavy atom. The number of rotatable bonds is 6. The average molecular weight is 530 g/mol. The first-order valence-corrected chi connectivity index (χ1v) is 10.9. The molecule has 1 amide bonds. The van der Waals surface area contributed by atoms with Gasteiger partial charge in [0.15, 0.2) is 11.5 Å². The van der Waals surface area contributed by atoms with Crippen LogP contribution in [0.2, 0.25) is 10.0 Å². The number of hydrogen-bond donors (Lipinski definition) is 1. The van der Waals surface area contributed by atoms with Crippen LogP contribution in [-0.2, 0) is 17.5 Å². The third-order valence-corrected chi connectivity index (χ3v) is 5.55. The van der Waals surface area contributed by atoms with Crippen LogP contribution in [0, 0.1) is 5.41 Å². The van der Waals surface area contributed by atoms with E-state index in [1.165, 1.54) is 24.3 Å². The Hall–Kier alpha value is -3.11. The molecule has 3 aromatic rings. The summed E-state index contributed by atoms with van der Waals surface area (Å²) in [7, 11) is 0. The molecule has 2 aromatic carbocycles. The molecule has 1 N–H and O–H groups in total. The first-order chi connectivity index (χ1) is 16.2. The molecule has 0 spiro atoms. The summed E-state index contributed by atoms with van der Waals surface area (Å²) >= 11 is 11.8. The summed E-state index contributed by atoms with van der Waals surface area (Å²) < 4.78 is 44.5. The molecule has 0 saturated carbocycles. The van der Waals surface area contributed by atoms with Crippen LogP contribution in [0.5, 0.6) is 5.75 Å². The van der Waals surface area contributed by atoms with E-state index in [0.29, 0.717) is 0 Å². The summed E-state index contributed by atoms with van der Waals surface area (Å²) in [6.45, 7) is 4.27. The minimum absolute atomic E-state index is 0.0710. The Kier molecular flexibility index (Phi) is 7.47. The molecule has 0 radical (unpaired) electrons.